The maximum atomic E-state index is 11.4. The van der Waals surface area contributed by atoms with Gasteiger partial charge in [-0.1, -0.05) is 0 Å². The Morgan fingerprint density at radius 2 is 2.62 bits per heavy atom. The molecule has 1 aromatic heterocycles. The van der Waals surface area contributed by atoms with Crippen LogP contribution in [0, 0.1) is 0 Å². The molecule has 5 heteroatoms. The molecule has 1 N–H and O–H groups in total. The number of nitrogens with one attached hydrogen (secondary N) is 1. The zero-order valence-electron chi connectivity index (χ0n) is 7.29. The van der Waals surface area contributed by atoms with Crippen molar-refractivity contribution in [3.8, 4) is 0 Å². The van der Waals surface area contributed by atoms with Crippen LogP contribution in [0.15, 0.2) is 11.7 Å². The third kappa shape index (κ3) is 3.32. The van der Waals surface area contributed by atoms with Crippen molar-refractivity contribution in [2.24, 2.45) is 0 Å². The van der Waals surface area contributed by atoms with Crippen LogP contribution < -0.4 is 5.32 Å². The Hall–Kier alpha value is -0.610. The van der Waals surface area contributed by atoms with Crippen molar-refractivity contribution in [2.75, 3.05) is 5.88 Å². The number of rotatable bonds is 4. The zero-order valence-corrected chi connectivity index (χ0v) is 8.86. The Balaban J connectivity index is 2.42. The summed E-state index contributed by atoms with van der Waals surface area (Å²) in [6.07, 6.45) is 2.35. The van der Waals surface area contributed by atoms with Gasteiger partial charge in [-0.3, -0.25) is 9.78 Å². The summed E-state index contributed by atoms with van der Waals surface area (Å²) in [5.74, 6) is 0.490. The molecule has 1 atom stereocenters. The van der Waals surface area contributed by atoms with Crippen LogP contribution >= 0.6 is 22.9 Å². The van der Waals surface area contributed by atoms with Gasteiger partial charge in [0.25, 0.3) is 5.91 Å². The van der Waals surface area contributed by atoms with Crippen molar-refractivity contribution in [3.63, 3.8) is 0 Å². The fraction of sp³-hybridized carbons (Fsp3) is 0.500. The highest BCUT2D eigenvalue weighted by molar-refractivity contribution is 7.11. The molecule has 0 fully saturated rings. The number of hydrogen-bond donors (Lipinski definition) is 1. The lowest BCUT2D eigenvalue weighted by molar-refractivity contribution is 0.0943. The molecule has 72 valence electrons. The largest absolute Gasteiger partial charge is 0.349 e. The smallest absolute Gasteiger partial charge is 0.263 e. The number of nitrogens with zero attached hydrogens (tertiary/aromatic N) is 1. The SMILES string of the molecule is CC(CCCl)NC(=O)c1cncs1. The van der Waals surface area contributed by atoms with Crippen molar-refractivity contribution in [1.82, 2.24) is 10.3 Å². The number of carbonyl (C=O) groups excluding carboxylic acids is 1. The molecule has 0 saturated carbocycles. The summed E-state index contributed by atoms with van der Waals surface area (Å²) in [7, 11) is 0. The van der Waals surface area contributed by atoms with E-state index in [4.69, 9.17) is 11.6 Å². The number of halogens is 1. The Morgan fingerprint density at radius 1 is 1.85 bits per heavy atom. The predicted octanol–water partition coefficient (Wildman–Crippen LogP) is 1.89. The minimum absolute atomic E-state index is 0.0693. The van der Waals surface area contributed by atoms with E-state index in [1.807, 2.05) is 6.92 Å². The van der Waals surface area contributed by atoms with Crippen LogP contribution in [0.2, 0.25) is 0 Å². The second-order valence-electron chi connectivity index (χ2n) is 2.72. The van der Waals surface area contributed by atoms with Gasteiger partial charge >= 0.3 is 0 Å². The van der Waals surface area contributed by atoms with Gasteiger partial charge in [0.05, 0.1) is 11.7 Å². The topological polar surface area (TPSA) is 42.0 Å². The van der Waals surface area contributed by atoms with E-state index in [1.54, 1.807) is 11.7 Å². The fourth-order valence-corrected chi connectivity index (χ4v) is 1.71. The van der Waals surface area contributed by atoms with E-state index in [1.165, 1.54) is 11.3 Å². The number of carbonyl (C=O) groups is 1. The first-order valence-electron chi connectivity index (χ1n) is 3.99. The van der Waals surface area contributed by atoms with Gasteiger partial charge in [-0.2, -0.15) is 0 Å². The first-order valence-corrected chi connectivity index (χ1v) is 5.40. The van der Waals surface area contributed by atoms with Crippen LogP contribution in [-0.2, 0) is 0 Å². The van der Waals surface area contributed by atoms with E-state index in [0.717, 1.165) is 6.42 Å². The number of alkyl halides is 1. The molecule has 1 unspecified atom stereocenters. The average molecular weight is 219 g/mol. The lowest BCUT2D eigenvalue weighted by Crippen LogP contribution is -2.32. The van der Waals surface area contributed by atoms with Gasteiger partial charge in [-0.05, 0) is 13.3 Å². The summed E-state index contributed by atoms with van der Waals surface area (Å²) in [5, 5.41) is 2.83. The molecule has 0 aliphatic rings. The zero-order chi connectivity index (χ0) is 9.68. The lowest BCUT2D eigenvalue weighted by atomic mass is 10.2. The molecule has 0 spiro atoms. The molecule has 13 heavy (non-hydrogen) atoms. The third-order valence-corrected chi connectivity index (χ3v) is 2.57. The minimum Gasteiger partial charge on any atom is -0.349 e. The summed E-state index contributed by atoms with van der Waals surface area (Å²) >= 11 is 6.88. The maximum Gasteiger partial charge on any atom is 0.263 e. The lowest BCUT2D eigenvalue weighted by Gasteiger charge is -2.10. The summed E-state index contributed by atoms with van der Waals surface area (Å²) in [5.41, 5.74) is 1.64. The monoisotopic (exact) mass is 218 g/mol. The third-order valence-electron chi connectivity index (χ3n) is 1.58. The van der Waals surface area contributed by atoms with E-state index < -0.39 is 0 Å². The van der Waals surface area contributed by atoms with Gasteiger partial charge in [-0.25, -0.2) is 0 Å². The Morgan fingerprint density at radius 3 is 3.15 bits per heavy atom. The Kier molecular flexibility index (Phi) is 4.18. The van der Waals surface area contributed by atoms with Crippen molar-refractivity contribution < 1.29 is 4.79 Å². The molecular weight excluding hydrogens is 208 g/mol. The average Bonchev–Trinajstić information content (AvgIpc) is 2.55. The Labute approximate surface area is 86.1 Å². The van der Waals surface area contributed by atoms with E-state index in [2.05, 4.69) is 10.3 Å². The van der Waals surface area contributed by atoms with Gasteiger partial charge in [0.2, 0.25) is 0 Å². The second-order valence-corrected chi connectivity index (χ2v) is 3.98. The van der Waals surface area contributed by atoms with E-state index in [0.29, 0.717) is 10.8 Å². The molecule has 0 aromatic carbocycles. The molecule has 0 bridgehead atoms. The molecule has 0 aliphatic carbocycles. The van der Waals surface area contributed by atoms with E-state index >= 15 is 0 Å². The van der Waals surface area contributed by atoms with Crippen LogP contribution in [0.25, 0.3) is 0 Å². The molecule has 3 nitrogen and oxygen atoms in total. The molecule has 1 amide bonds. The number of thiazole rings is 1. The summed E-state index contributed by atoms with van der Waals surface area (Å²) in [6, 6.07) is 0.118. The van der Waals surface area contributed by atoms with Gasteiger partial charge in [0.1, 0.15) is 4.88 Å². The number of amides is 1. The maximum absolute atomic E-state index is 11.4. The number of aromatic nitrogens is 1. The van der Waals surface area contributed by atoms with Crippen LogP contribution in [0.1, 0.15) is 23.0 Å². The van der Waals surface area contributed by atoms with Crippen LogP contribution in [0.3, 0.4) is 0 Å². The predicted molar refractivity (Wildman–Crippen MR) is 54.4 cm³/mol. The van der Waals surface area contributed by atoms with Crippen molar-refractivity contribution in [3.05, 3.63) is 16.6 Å². The van der Waals surface area contributed by atoms with Gasteiger partial charge in [-0.15, -0.1) is 22.9 Å². The first kappa shape index (κ1) is 10.5. The minimum atomic E-state index is -0.0693. The number of hydrogen-bond acceptors (Lipinski definition) is 3. The highest BCUT2D eigenvalue weighted by Gasteiger charge is 2.09. The van der Waals surface area contributed by atoms with Gasteiger partial charge < -0.3 is 5.32 Å². The normalized spacial score (nSPS) is 12.5. The van der Waals surface area contributed by atoms with E-state index in [9.17, 15) is 4.79 Å². The summed E-state index contributed by atoms with van der Waals surface area (Å²) < 4.78 is 0. The highest BCUT2D eigenvalue weighted by atomic mass is 35.5. The molecule has 1 rings (SSSR count). The van der Waals surface area contributed by atoms with Crippen molar-refractivity contribution >= 4 is 28.8 Å². The Bertz CT molecular complexity index is 263. The van der Waals surface area contributed by atoms with Gasteiger partial charge in [0, 0.05) is 11.9 Å². The summed E-state index contributed by atoms with van der Waals surface area (Å²) in [6.45, 7) is 1.93. The molecule has 0 saturated heterocycles. The molecular formula is C8H11ClN2OS. The first-order chi connectivity index (χ1) is 6.24. The fourth-order valence-electron chi connectivity index (χ4n) is 0.859. The van der Waals surface area contributed by atoms with Crippen molar-refractivity contribution in [1.29, 1.82) is 0 Å². The van der Waals surface area contributed by atoms with Crippen molar-refractivity contribution in [2.45, 2.75) is 19.4 Å². The van der Waals surface area contributed by atoms with Crippen LogP contribution in [0.4, 0.5) is 0 Å². The molecule has 1 aromatic rings. The summed E-state index contributed by atoms with van der Waals surface area (Å²) in [4.78, 5) is 15.9. The second kappa shape index (κ2) is 5.19. The standard InChI is InChI=1S/C8H11ClN2OS/c1-6(2-3-9)11-8(12)7-4-10-5-13-7/h4-6H,2-3H2,1H3,(H,11,12). The van der Waals surface area contributed by atoms with Gasteiger partial charge in [0.15, 0.2) is 0 Å². The molecule has 0 aliphatic heterocycles. The quantitative estimate of drug-likeness (QED) is 0.785. The molecule has 1 heterocycles. The van der Waals surface area contributed by atoms with E-state index in [-0.39, 0.29) is 11.9 Å². The molecule has 0 radical (unpaired) electrons. The highest BCUT2D eigenvalue weighted by Crippen LogP contribution is 2.05. The van der Waals surface area contributed by atoms with Crippen LogP contribution in [-0.4, -0.2) is 22.8 Å². The van der Waals surface area contributed by atoms with Crippen LogP contribution in [0.5, 0.6) is 0 Å².